The monoisotopic (exact) mass is 132 g/mol. The molecule has 0 spiro atoms. The van der Waals surface area contributed by atoms with Crippen LogP contribution in [0.1, 0.15) is 0 Å². The number of aliphatic hydroxyl groups is 1. The molecule has 1 saturated heterocycles. The normalized spacial score (nSPS) is 35.3. The van der Waals surface area contributed by atoms with Gasteiger partial charge >= 0.3 is 0 Å². The van der Waals surface area contributed by atoms with E-state index in [1.54, 1.807) is 0 Å². The van der Waals surface area contributed by atoms with Gasteiger partial charge in [0.15, 0.2) is 0 Å². The van der Waals surface area contributed by atoms with Crippen LogP contribution in [0, 0.1) is 5.21 Å². The number of hydrogen-bond donors (Lipinski definition) is 2. The van der Waals surface area contributed by atoms with Crippen molar-refractivity contribution in [2.75, 3.05) is 32.9 Å². The van der Waals surface area contributed by atoms with E-state index in [1.807, 2.05) is 0 Å². The average molecular weight is 132 g/mol. The van der Waals surface area contributed by atoms with Crippen molar-refractivity contribution in [3.8, 4) is 0 Å². The van der Waals surface area contributed by atoms with Crippen LogP contribution in [-0.2, 0) is 0 Å². The summed E-state index contributed by atoms with van der Waals surface area (Å²) in [4.78, 5) is 0. The molecule has 1 aliphatic heterocycles. The highest BCUT2D eigenvalue weighted by Crippen LogP contribution is 2.04. The van der Waals surface area contributed by atoms with E-state index < -0.39 is 0 Å². The Labute approximate surface area is 54.3 Å². The summed E-state index contributed by atoms with van der Waals surface area (Å²) in [6.45, 7) is 2.16. The van der Waals surface area contributed by atoms with Crippen LogP contribution in [0.25, 0.3) is 0 Å². The Morgan fingerprint density at radius 1 is 1.67 bits per heavy atom. The second-order valence-corrected chi connectivity index (χ2v) is 2.39. The van der Waals surface area contributed by atoms with Crippen molar-refractivity contribution in [3.63, 3.8) is 0 Å². The molecule has 1 unspecified atom stereocenters. The number of aliphatic hydroxyl groups excluding tert-OH is 1. The predicted molar refractivity (Wildman–Crippen MR) is 33.3 cm³/mol. The molecule has 0 aromatic rings. The van der Waals surface area contributed by atoms with E-state index in [9.17, 15) is 5.21 Å². The fourth-order valence-corrected chi connectivity index (χ4v) is 1.02. The number of hydrogen-bond acceptors (Lipinski definition) is 3. The van der Waals surface area contributed by atoms with Gasteiger partial charge < -0.3 is 15.0 Å². The van der Waals surface area contributed by atoms with Gasteiger partial charge in [0.2, 0.25) is 0 Å². The standard InChI is InChI=1S/C5H12N2O2/c8-4-3-7(9)2-1-6-5-7/h6,8H,1-5H2. The molecule has 54 valence electrons. The second-order valence-electron chi connectivity index (χ2n) is 2.39. The van der Waals surface area contributed by atoms with E-state index in [4.69, 9.17) is 5.11 Å². The van der Waals surface area contributed by atoms with E-state index in [2.05, 4.69) is 5.32 Å². The Bertz CT molecular complexity index is 91.0. The molecule has 1 atom stereocenters. The predicted octanol–water partition coefficient (Wildman–Crippen LogP) is -1.15. The van der Waals surface area contributed by atoms with Gasteiger partial charge in [0.05, 0.1) is 19.7 Å². The maximum Gasteiger partial charge on any atom is 0.132 e. The van der Waals surface area contributed by atoms with Crippen molar-refractivity contribution in [2.45, 2.75) is 0 Å². The number of rotatable bonds is 2. The number of nitrogens with zero attached hydrogens (tertiary/aromatic N) is 1. The van der Waals surface area contributed by atoms with Gasteiger partial charge in [-0.05, 0) is 0 Å². The molecule has 0 bridgehead atoms. The second kappa shape index (κ2) is 2.62. The molecule has 0 aromatic carbocycles. The van der Waals surface area contributed by atoms with Crippen LogP contribution in [0.4, 0.5) is 0 Å². The van der Waals surface area contributed by atoms with Crippen LogP contribution in [0.5, 0.6) is 0 Å². The highest BCUT2D eigenvalue weighted by atomic mass is 16.6. The first-order valence-corrected chi connectivity index (χ1v) is 3.15. The highest BCUT2D eigenvalue weighted by Gasteiger charge is 2.20. The van der Waals surface area contributed by atoms with Gasteiger partial charge in [-0.15, -0.1) is 0 Å². The highest BCUT2D eigenvalue weighted by molar-refractivity contribution is 4.53. The topological polar surface area (TPSA) is 55.3 Å². The molecule has 0 amide bonds. The number of hydroxylamine groups is 3. The van der Waals surface area contributed by atoms with Gasteiger partial charge in [-0.2, -0.15) is 0 Å². The fraction of sp³-hybridized carbons (Fsp3) is 1.00. The van der Waals surface area contributed by atoms with E-state index in [0.717, 1.165) is 6.54 Å². The molecule has 1 fully saturated rings. The number of nitrogens with one attached hydrogen (secondary N) is 1. The first-order valence-electron chi connectivity index (χ1n) is 3.15. The van der Waals surface area contributed by atoms with Gasteiger partial charge in [-0.25, -0.2) is 0 Å². The molecule has 9 heavy (non-hydrogen) atoms. The molecular weight excluding hydrogens is 120 g/mol. The van der Waals surface area contributed by atoms with Gasteiger partial charge in [0.25, 0.3) is 0 Å². The third kappa shape index (κ3) is 1.62. The Hall–Kier alpha value is -0.160. The summed E-state index contributed by atoms with van der Waals surface area (Å²) >= 11 is 0. The molecule has 1 rings (SSSR count). The largest absolute Gasteiger partial charge is 0.632 e. The lowest BCUT2D eigenvalue weighted by atomic mass is 10.5. The minimum Gasteiger partial charge on any atom is -0.632 e. The maximum absolute atomic E-state index is 11.2. The Kier molecular flexibility index (Phi) is 2.02. The summed E-state index contributed by atoms with van der Waals surface area (Å²) in [7, 11) is 0. The van der Waals surface area contributed by atoms with Crippen molar-refractivity contribution in [3.05, 3.63) is 5.21 Å². The maximum atomic E-state index is 11.2. The van der Waals surface area contributed by atoms with Gasteiger partial charge in [-0.3, -0.25) is 5.32 Å². The van der Waals surface area contributed by atoms with Crippen LogP contribution in [0.15, 0.2) is 0 Å². The van der Waals surface area contributed by atoms with Crippen LogP contribution >= 0.6 is 0 Å². The molecule has 0 radical (unpaired) electrons. The quantitative estimate of drug-likeness (QED) is 0.368. The summed E-state index contributed by atoms with van der Waals surface area (Å²) in [5.41, 5.74) is 0. The van der Waals surface area contributed by atoms with Crippen LogP contribution in [-0.4, -0.2) is 42.7 Å². The van der Waals surface area contributed by atoms with Crippen molar-refractivity contribution in [1.29, 1.82) is 0 Å². The van der Waals surface area contributed by atoms with Crippen molar-refractivity contribution >= 4 is 0 Å². The average Bonchev–Trinajstić information content (AvgIpc) is 2.16. The van der Waals surface area contributed by atoms with Gasteiger partial charge in [0.1, 0.15) is 13.2 Å². The lowest BCUT2D eigenvalue weighted by Crippen LogP contribution is -2.42. The zero-order chi connectivity index (χ0) is 6.74. The first kappa shape index (κ1) is 6.95. The molecule has 4 nitrogen and oxygen atoms in total. The van der Waals surface area contributed by atoms with E-state index in [1.165, 1.54) is 0 Å². The molecular formula is C5H12N2O2. The lowest BCUT2D eigenvalue weighted by Gasteiger charge is -2.36. The third-order valence-corrected chi connectivity index (χ3v) is 1.60. The summed E-state index contributed by atoms with van der Waals surface area (Å²) in [5.74, 6) is 0. The molecule has 1 aliphatic rings. The molecule has 4 heteroatoms. The summed E-state index contributed by atoms with van der Waals surface area (Å²) < 4.78 is -0.267. The Balaban J connectivity index is 2.32. The minimum atomic E-state index is -0.267. The number of quaternary nitrogens is 1. The van der Waals surface area contributed by atoms with Crippen molar-refractivity contribution in [1.82, 2.24) is 5.32 Å². The molecule has 0 aliphatic carbocycles. The third-order valence-electron chi connectivity index (χ3n) is 1.60. The van der Waals surface area contributed by atoms with E-state index in [0.29, 0.717) is 19.8 Å². The zero-order valence-electron chi connectivity index (χ0n) is 5.34. The van der Waals surface area contributed by atoms with Crippen molar-refractivity contribution in [2.24, 2.45) is 0 Å². The first-order chi connectivity index (χ1) is 4.27. The van der Waals surface area contributed by atoms with E-state index in [-0.39, 0.29) is 11.3 Å². The lowest BCUT2D eigenvalue weighted by molar-refractivity contribution is -0.869. The van der Waals surface area contributed by atoms with Crippen LogP contribution < -0.4 is 5.32 Å². The van der Waals surface area contributed by atoms with Crippen LogP contribution in [0.3, 0.4) is 0 Å². The van der Waals surface area contributed by atoms with Gasteiger partial charge in [0, 0.05) is 0 Å². The minimum absolute atomic E-state index is 0.00875. The molecule has 2 N–H and O–H groups in total. The fourth-order valence-electron chi connectivity index (χ4n) is 1.02. The van der Waals surface area contributed by atoms with E-state index >= 15 is 0 Å². The molecule has 1 heterocycles. The Morgan fingerprint density at radius 3 is 2.89 bits per heavy atom. The SMILES string of the molecule is [O-][N+]1(CCO)CCNC1. The summed E-state index contributed by atoms with van der Waals surface area (Å²) in [6.07, 6.45) is 0. The molecule has 0 aromatic heterocycles. The van der Waals surface area contributed by atoms with Crippen LogP contribution in [0.2, 0.25) is 0 Å². The Morgan fingerprint density at radius 2 is 2.44 bits per heavy atom. The smallest absolute Gasteiger partial charge is 0.132 e. The van der Waals surface area contributed by atoms with Crippen molar-refractivity contribution < 1.29 is 9.75 Å². The zero-order valence-corrected chi connectivity index (χ0v) is 5.34. The summed E-state index contributed by atoms with van der Waals surface area (Å²) in [5, 5.41) is 22.6. The van der Waals surface area contributed by atoms with Gasteiger partial charge in [-0.1, -0.05) is 0 Å². The molecule has 0 saturated carbocycles. The summed E-state index contributed by atoms with van der Waals surface area (Å²) in [6, 6.07) is 0.